The fraction of sp³-hybridized carbons (Fsp3) is 0.318. The fourth-order valence-electron chi connectivity index (χ4n) is 7.27. The van der Waals surface area contributed by atoms with E-state index >= 15 is 0 Å². The average molecular weight is 1020 g/mol. The van der Waals surface area contributed by atoms with Crippen LogP contribution in [0.5, 0.6) is 34.5 Å². The quantitative estimate of drug-likeness (QED) is 0.0728. The van der Waals surface area contributed by atoms with Crippen LogP contribution < -0.4 is 49.3 Å². The van der Waals surface area contributed by atoms with Gasteiger partial charge in [0.25, 0.3) is 11.8 Å². The van der Waals surface area contributed by atoms with Gasteiger partial charge in [-0.05, 0) is 11.6 Å². The maximum atomic E-state index is 13.7. The second-order valence-electron chi connectivity index (χ2n) is 15.1. The summed E-state index contributed by atoms with van der Waals surface area (Å²) in [6, 6.07) is 10.6. The Labute approximate surface area is 407 Å². The van der Waals surface area contributed by atoms with E-state index in [0.717, 1.165) is 11.4 Å². The molecular formula is C44H46Cl2F4N12O8. The van der Waals surface area contributed by atoms with Crippen molar-refractivity contribution in [2.24, 2.45) is 0 Å². The molecule has 2 aliphatic heterocycles. The first kappa shape index (κ1) is 50.4. The predicted molar refractivity (Wildman–Crippen MR) is 253 cm³/mol. The number of furan rings is 2. The molecule has 20 nitrogen and oxygen atoms in total. The molecule has 0 unspecified atom stereocenters. The number of halogens is 6. The molecular weight excluding hydrogens is 971 g/mol. The van der Waals surface area contributed by atoms with Gasteiger partial charge in [0.05, 0.1) is 92.0 Å². The van der Waals surface area contributed by atoms with Gasteiger partial charge in [-0.2, -0.15) is 9.97 Å². The Bertz CT molecular complexity index is 3000. The summed E-state index contributed by atoms with van der Waals surface area (Å²) >= 11 is 5.97. The summed E-state index contributed by atoms with van der Waals surface area (Å²) in [7, 11) is 9.30. The molecule has 26 heteroatoms. The molecule has 70 heavy (non-hydrogen) atoms. The number of hydrogen-bond donors (Lipinski definition) is 3. The summed E-state index contributed by atoms with van der Waals surface area (Å²) in [5, 5.41) is 8.88. The van der Waals surface area contributed by atoms with Crippen molar-refractivity contribution in [3.05, 3.63) is 79.3 Å². The highest BCUT2D eigenvalue weighted by atomic mass is 35.5. The van der Waals surface area contributed by atoms with Crippen LogP contribution >= 0.6 is 24.0 Å². The maximum absolute atomic E-state index is 13.7. The number of aromatic nitrogens is 8. The van der Waals surface area contributed by atoms with Gasteiger partial charge in [-0.1, -0.05) is 0 Å². The molecule has 2 aromatic carbocycles. The number of imidazole rings is 2. The molecule has 0 amide bonds. The number of nitrogens with one attached hydrogen (secondary N) is 3. The van der Waals surface area contributed by atoms with Crippen molar-refractivity contribution in [2.45, 2.75) is 24.7 Å². The van der Waals surface area contributed by atoms with Crippen molar-refractivity contribution < 1.29 is 54.8 Å². The zero-order chi connectivity index (χ0) is 48.9. The Morgan fingerprint density at radius 3 is 1.53 bits per heavy atom. The van der Waals surface area contributed by atoms with E-state index in [0.29, 0.717) is 86.5 Å². The molecule has 8 heterocycles. The summed E-state index contributed by atoms with van der Waals surface area (Å²) < 4.78 is 98.1. The van der Waals surface area contributed by atoms with E-state index in [4.69, 9.17) is 48.9 Å². The van der Waals surface area contributed by atoms with Gasteiger partial charge in [-0.3, -0.25) is 0 Å². The third-order valence-electron chi connectivity index (χ3n) is 10.6. The molecule has 10 rings (SSSR count). The highest BCUT2D eigenvalue weighted by Crippen LogP contribution is 2.41. The topological polar surface area (TPSA) is 208 Å². The van der Waals surface area contributed by atoms with Crippen LogP contribution in [0.3, 0.4) is 0 Å². The van der Waals surface area contributed by atoms with Gasteiger partial charge < -0.3 is 67.2 Å². The standard InChI is InChI=1S/C22H22F2N6O4.C18H16ClN5O4.C4H7F2N.ClH/c1-31-15-8-13(9-16(32-2)19(15)33-3)30-10-17(25-12-30)27-20-18-14(4-7-34-18)26-21(28-20)29-6-5-22(23,24)11-29;1-25-12-6-10(7-13(26-2)16(12)27-3)24-8-14(20-9-24)22-17-15-11(4-5-28-15)21-18(19)23-17;5-4(6)1-2-7-3-4;/h4,7-10,12H,5-6,11H2,1-3H3,(H,26,27,28);4-9H,1-3H3,(H,21,22,23);7H,1-3H2;1H. The van der Waals surface area contributed by atoms with Gasteiger partial charge >= 0.3 is 0 Å². The molecule has 0 aliphatic carbocycles. The van der Waals surface area contributed by atoms with Gasteiger partial charge in [0.2, 0.25) is 22.7 Å². The molecule has 6 aromatic heterocycles. The minimum absolute atomic E-state index is 0. The minimum atomic E-state index is -2.76. The molecule has 0 radical (unpaired) electrons. The summed E-state index contributed by atoms with van der Waals surface area (Å²) in [5.41, 5.74) is 3.50. The Hall–Kier alpha value is -7.44. The summed E-state index contributed by atoms with van der Waals surface area (Å²) in [5.74, 6) is -0.134. The lowest BCUT2D eigenvalue weighted by Crippen LogP contribution is -2.26. The highest BCUT2D eigenvalue weighted by molar-refractivity contribution is 6.28. The van der Waals surface area contributed by atoms with Crippen molar-refractivity contribution in [1.82, 2.24) is 44.4 Å². The van der Waals surface area contributed by atoms with Crippen molar-refractivity contribution in [2.75, 3.05) is 84.4 Å². The lowest BCUT2D eigenvalue weighted by Gasteiger charge is -2.16. The molecule has 0 saturated carbocycles. The number of methoxy groups -OCH3 is 6. The van der Waals surface area contributed by atoms with Crippen LogP contribution in [0.2, 0.25) is 5.28 Å². The third-order valence-corrected chi connectivity index (χ3v) is 10.8. The zero-order valence-corrected chi connectivity index (χ0v) is 39.8. The lowest BCUT2D eigenvalue weighted by molar-refractivity contribution is 0.0235. The Morgan fingerprint density at radius 2 is 1.13 bits per heavy atom. The SMILES string of the molecule is COc1cc(-n2cnc(Nc3nc(Cl)nc4ccoc34)c2)cc(OC)c1OC.COc1cc(-n2cnc(Nc3nc(N4CCC(F)(F)C4)nc4ccoc34)c2)cc(OC)c1OC.Cl.FC1(F)CCNC1. The third kappa shape index (κ3) is 11.2. The van der Waals surface area contributed by atoms with Crippen molar-refractivity contribution >= 4 is 75.4 Å². The van der Waals surface area contributed by atoms with Crippen molar-refractivity contribution in [3.63, 3.8) is 0 Å². The van der Waals surface area contributed by atoms with Crippen LogP contribution in [0.1, 0.15) is 12.8 Å². The first-order chi connectivity index (χ1) is 33.2. The first-order valence-corrected chi connectivity index (χ1v) is 21.2. The molecule has 8 aromatic rings. The lowest BCUT2D eigenvalue weighted by atomic mass is 10.2. The van der Waals surface area contributed by atoms with Crippen molar-refractivity contribution in [1.29, 1.82) is 0 Å². The van der Waals surface area contributed by atoms with Crippen LogP contribution in [0, 0.1) is 0 Å². The van der Waals surface area contributed by atoms with E-state index < -0.39 is 18.4 Å². The summed E-state index contributed by atoms with van der Waals surface area (Å²) in [6.45, 7) is 0.0805. The summed E-state index contributed by atoms with van der Waals surface area (Å²) in [4.78, 5) is 27.3. The van der Waals surface area contributed by atoms with Gasteiger partial charge in [0, 0.05) is 62.3 Å². The molecule has 372 valence electrons. The second-order valence-corrected chi connectivity index (χ2v) is 15.5. The Balaban J connectivity index is 0.000000181. The molecule has 2 saturated heterocycles. The Kier molecular flexibility index (Phi) is 15.5. The summed E-state index contributed by atoms with van der Waals surface area (Å²) in [6.07, 6.45) is 9.54. The highest BCUT2D eigenvalue weighted by Gasteiger charge is 2.39. The number of hydrogen-bond acceptors (Lipinski definition) is 18. The second kappa shape index (κ2) is 21.5. The number of rotatable bonds is 13. The molecule has 0 atom stereocenters. The Morgan fingerprint density at radius 1 is 0.643 bits per heavy atom. The fourth-order valence-corrected chi connectivity index (χ4v) is 7.44. The van der Waals surface area contributed by atoms with Gasteiger partial charge in [-0.25, -0.2) is 37.5 Å². The molecule has 2 aliphatic rings. The predicted octanol–water partition coefficient (Wildman–Crippen LogP) is 8.89. The van der Waals surface area contributed by atoms with E-state index in [2.05, 4.69) is 45.9 Å². The van der Waals surface area contributed by atoms with Crippen LogP contribution in [0.15, 0.2) is 82.8 Å². The van der Waals surface area contributed by atoms with Gasteiger partial charge in [0.15, 0.2) is 45.8 Å². The van der Waals surface area contributed by atoms with E-state index in [-0.39, 0.29) is 49.6 Å². The van der Waals surface area contributed by atoms with Crippen LogP contribution in [-0.2, 0) is 0 Å². The van der Waals surface area contributed by atoms with E-state index in [1.54, 1.807) is 94.0 Å². The normalized spacial score (nSPS) is 14.5. The van der Waals surface area contributed by atoms with Crippen LogP contribution in [-0.4, -0.2) is 120 Å². The number of ether oxygens (including phenoxy) is 6. The van der Waals surface area contributed by atoms with Gasteiger partial charge in [-0.15, -0.1) is 12.4 Å². The van der Waals surface area contributed by atoms with Gasteiger partial charge in [0.1, 0.15) is 35.3 Å². The van der Waals surface area contributed by atoms with Crippen LogP contribution in [0.25, 0.3) is 33.6 Å². The molecule has 0 bridgehead atoms. The first-order valence-electron chi connectivity index (χ1n) is 20.8. The zero-order valence-electron chi connectivity index (χ0n) is 38.3. The van der Waals surface area contributed by atoms with Crippen LogP contribution in [0.4, 0.5) is 46.8 Å². The number of benzene rings is 2. The minimum Gasteiger partial charge on any atom is -0.493 e. The largest absolute Gasteiger partial charge is 0.493 e. The molecule has 0 spiro atoms. The van der Waals surface area contributed by atoms with Crippen molar-refractivity contribution in [3.8, 4) is 45.9 Å². The number of anilines is 5. The van der Waals surface area contributed by atoms with E-state index in [9.17, 15) is 17.6 Å². The van der Waals surface area contributed by atoms with E-state index in [1.807, 2.05) is 12.1 Å². The van der Waals surface area contributed by atoms with E-state index in [1.165, 1.54) is 24.5 Å². The molecule has 3 N–H and O–H groups in total. The number of alkyl halides is 4. The average Bonchev–Trinajstić information content (AvgIpc) is 4.22. The number of nitrogens with zero attached hydrogens (tertiary/aromatic N) is 9. The molecule has 2 fully saturated rings. The monoisotopic (exact) mass is 1020 g/mol. The maximum Gasteiger partial charge on any atom is 0.267 e. The number of fused-ring (bicyclic) bond motifs is 2. The smallest absolute Gasteiger partial charge is 0.267 e.